The van der Waals surface area contributed by atoms with Gasteiger partial charge in [-0.05, 0) is 65.5 Å². The lowest BCUT2D eigenvalue weighted by Crippen LogP contribution is -2.48. The number of furan rings is 1. The van der Waals surface area contributed by atoms with E-state index in [0.29, 0.717) is 0 Å². The van der Waals surface area contributed by atoms with Crippen molar-refractivity contribution in [3.8, 4) is 0 Å². The number of hydrogen-bond donors (Lipinski definition) is 0. The molecule has 0 spiro atoms. The molecule has 0 fully saturated rings. The van der Waals surface area contributed by atoms with E-state index in [1.165, 1.54) is 74.7 Å². The van der Waals surface area contributed by atoms with Crippen LogP contribution in [0.4, 0.5) is 0 Å². The number of para-hydroxylation sites is 1. The maximum absolute atomic E-state index is 6.07. The monoisotopic (exact) mass is 388 g/mol. The SMILES string of the molecule is CC[N+](CC)(CC)CCCCCCC[N@@+](C)(CC)Cc1cc2ccccc2o1. The minimum absolute atomic E-state index is 0.995. The molecule has 28 heavy (non-hydrogen) atoms. The molecule has 0 amide bonds. The van der Waals surface area contributed by atoms with Crippen LogP contribution in [0, 0.1) is 0 Å². The largest absolute Gasteiger partial charge is 0.455 e. The van der Waals surface area contributed by atoms with Gasteiger partial charge in [0.15, 0.2) is 5.76 Å². The summed E-state index contributed by atoms with van der Waals surface area (Å²) >= 11 is 0. The first-order valence-electron chi connectivity index (χ1n) is 11.7. The van der Waals surface area contributed by atoms with Gasteiger partial charge in [-0.1, -0.05) is 24.6 Å². The molecular weight excluding hydrogens is 344 g/mol. The number of quaternary nitrogens is 2. The molecule has 3 heteroatoms. The van der Waals surface area contributed by atoms with Crippen molar-refractivity contribution in [2.75, 3.05) is 46.3 Å². The summed E-state index contributed by atoms with van der Waals surface area (Å²) in [5.41, 5.74) is 1.01. The molecule has 158 valence electrons. The Bertz CT molecular complexity index is 647. The van der Waals surface area contributed by atoms with Gasteiger partial charge in [-0.15, -0.1) is 0 Å². The van der Waals surface area contributed by atoms with Gasteiger partial charge >= 0.3 is 0 Å². The molecule has 0 unspecified atom stereocenters. The van der Waals surface area contributed by atoms with Crippen molar-refractivity contribution in [2.45, 2.75) is 66.3 Å². The molecule has 2 aromatic rings. The molecule has 1 aromatic carbocycles. The second-order valence-corrected chi connectivity index (χ2v) is 8.85. The predicted octanol–water partition coefficient (Wildman–Crippen LogP) is 6.23. The third-order valence-electron chi connectivity index (χ3n) is 7.12. The van der Waals surface area contributed by atoms with E-state index in [9.17, 15) is 0 Å². The lowest BCUT2D eigenvalue weighted by Gasteiger charge is -2.36. The molecule has 0 aliphatic heterocycles. The van der Waals surface area contributed by atoms with Crippen LogP contribution in [0.15, 0.2) is 34.7 Å². The number of hydrogen-bond acceptors (Lipinski definition) is 1. The second-order valence-electron chi connectivity index (χ2n) is 8.85. The molecule has 0 aliphatic carbocycles. The van der Waals surface area contributed by atoms with Gasteiger partial charge in [0.1, 0.15) is 12.1 Å². The van der Waals surface area contributed by atoms with Gasteiger partial charge in [0.2, 0.25) is 0 Å². The highest BCUT2D eigenvalue weighted by Crippen LogP contribution is 2.22. The number of benzene rings is 1. The van der Waals surface area contributed by atoms with Crippen molar-refractivity contribution in [3.05, 3.63) is 36.1 Å². The quantitative estimate of drug-likeness (QED) is 0.276. The summed E-state index contributed by atoms with van der Waals surface area (Å²) in [6.45, 7) is 17.9. The minimum Gasteiger partial charge on any atom is -0.455 e. The molecule has 0 aliphatic rings. The third kappa shape index (κ3) is 6.35. The predicted molar refractivity (Wildman–Crippen MR) is 121 cm³/mol. The Morgan fingerprint density at radius 3 is 1.96 bits per heavy atom. The molecule has 1 heterocycles. The van der Waals surface area contributed by atoms with E-state index in [-0.39, 0.29) is 0 Å². The van der Waals surface area contributed by atoms with Crippen LogP contribution in [0.3, 0.4) is 0 Å². The molecule has 0 bridgehead atoms. The maximum Gasteiger partial charge on any atom is 0.159 e. The number of nitrogens with zero attached hydrogens (tertiary/aromatic N) is 2. The van der Waals surface area contributed by atoms with E-state index in [1.807, 2.05) is 6.07 Å². The average molecular weight is 389 g/mol. The van der Waals surface area contributed by atoms with Crippen molar-refractivity contribution in [2.24, 2.45) is 0 Å². The molecule has 0 N–H and O–H groups in total. The van der Waals surface area contributed by atoms with Crippen LogP contribution in [0.2, 0.25) is 0 Å². The fourth-order valence-electron chi connectivity index (χ4n) is 4.46. The zero-order valence-corrected chi connectivity index (χ0v) is 19.2. The van der Waals surface area contributed by atoms with Gasteiger partial charge in [-0.25, -0.2) is 0 Å². The van der Waals surface area contributed by atoms with Crippen LogP contribution in [0.5, 0.6) is 0 Å². The highest BCUT2D eigenvalue weighted by molar-refractivity contribution is 5.77. The standard InChI is InChI=1S/C25H44N2O/c1-6-26(5,22-24-21-23-17-13-14-18-25(23)28-24)19-15-11-10-12-16-20-27(7-2,8-3)9-4/h13-14,17-18,21H,6-12,15-16,19-20,22H2,1-5H3/q+2/t26-/m1/s1. The van der Waals surface area contributed by atoms with Crippen molar-refractivity contribution in [1.29, 1.82) is 0 Å². The number of fused-ring (bicyclic) bond motifs is 1. The molecule has 1 atom stereocenters. The molecule has 3 nitrogen and oxygen atoms in total. The normalized spacial score (nSPS) is 14.5. The molecular formula is C25H44N2O+2. The first kappa shape index (κ1) is 23.0. The van der Waals surface area contributed by atoms with E-state index in [2.05, 4.69) is 59.0 Å². The Labute approximate surface area is 173 Å². The average Bonchev–Trinajstić information content (AvgIpc) is 3.12. The molecule has 1 aromatic heterocycles. The van der Waals surface area contributed by atoms with Gasteiger partial charge < -0.3 is 13.4 Å². The first-order valence-corrected chi connectivity index (χ1v) is 11.7. The lowest BCUT2D eigenvalue weighted by molar-refractivity contribution is -0.923. The topological polar surface area (TPSA) is 13.1 Å². The van der Waals surface area contributed by atoms with E-state index in [1.54, 1.807) is 0 Å². The number of unbranched alkanes of at least 4 members (excludes halogenated alkanes) is 4. The summed E-state index contributed by atoms with van der Waals surface area (Å²) in [5.74, 6) is 1.12. The van der Waals surface area contributed by atoms with Gasteiger partial charge in [-0.2, -0.15) is 0 Å². The summed E-state index contributed by atoms with van der Waals surface area (Å²) < 4.78 is 8.44. The smallest absolute Gasteiger partial charge is 0.159 e. The third-order valence-corrected chi connectivity index (χ3v) is 7.12. The molecule has 2 rings (SSSR count). The van der Waals surface area contributed by atoms with Crippen LogP contribution >= 0.6 is 0 Å². The van der Waals surface area contributed by atoms with E-state index in [4.69, 9.17) is 4.42 Å². The van der Waals surface area contributed by atoms with Crippen LogP contribution in [0.25, 0.3) is 11.0 Å². The van der Waals surface area contributed by atoms with Crippen LogP contribution in [-0.2, 0) is 6.54 Å². The van der Waals surface area contributed by atoms with Crippen molar-refractivity contribution >= 4 is 11.0 Å². The fourth-order valence-corrected chi connectivity index (χ4v) is 4.46. The van der Waals surface area contributed by atoms with Crippen molar-refractivity contribution in [1.82, 2.24) is 0 Å². The minimum atomic E-state index is 0.995. The highest BCUT2D eigenvalue weighted by atomic mass is 16.3. The van der Waals surface area contributed by atoms with E-state index >= 15 is 0 Å². The van der Waals surface area contributed by atoms with E-state index in [0.717, 1.165) is 28.9 Å². The van der Waals surface area contributed by atoms with E-state index < -0.39 is 0 Å². The van der Waals surface area contributed by atoms with Crippen molar-refractivity contribution in [3.63, 3.8) is 0 Å². The van der Waals surface area contributed by atoms with Crippen LogP contribution in [0.1, 0.15) is 65.6 Å². The Morgan fingerprint density at radius 2 is 1.36 bits per heavy atom. The number of rotatable bonds is 14. The highest BCUT2D eigenvalue weighted by Gasteiger charge is 2.22. The lowest BCUT2D eigenvalue weighted by atomic mass is 10.1. The summed E-state index contributed by atoms with van der Waals surface area (Å²) in [6, 6.07) is 10.6. The molecule has 0 saturated carbocycles. The Kier molecular flexibility index (Phi) is 9.04. The molecule has 0 radical (unpaired) electrons. The summed E-state index contributed by atoms with van der Waals surface area (Å²) in [6.07, 6.45) is 6.83. The maximum atomic E-state index is 6.07. The Morgan fingerprint density at radius 1 is 0.750 bits per heavy atom. The van der Waals surface area contributed by atoms with Gasteiger partial charge in [0.25, 0.3) is 0 Å². The molecule has 0 saturated heterocycles. The van der Waals surface area contributed by atoms with Gasteiger partial charge in [0.05, 0.1) is 46.3 Å². The second kappa shape index (κ2) is 11.0. The summed E-state index contributed by atoms with van der Waals surface area (Å²) in [7, 11) is 2.38. The Balaban J connectivity index is 1.71. The van der Waals surface area contributed by atoms with Crippen LogP contribution < -0.4 is 0 Å². The van der Waals surface area contributed by atoms with Gasteiger partial charge in [-0.3, -0.25) is 0 Å². The van der Waals surface area contributed by atoms with Crippen molar-refractivity contribution < 1.29 is 13.4 Å². The summed E-state index contributed by atoms with van der Waals surface area (Å²) in [5, 5.41) is 1.22. The fraction of sp³-hybridized carbons (Fsp3) is 0.680. The van der Waals surface area contributed by atoms with Crippen LogP contribution in [-0.4, -0.2) is 55.3 Å². The zero-order valence-electron chi connectivity index (χ0n) is 19.2. The first-order chi connectivity index (χ1) is 13.5. The summed E-state index contributed by atoms with van der Waals surface area (Å²) in [4.78, 5) is 0. The Hall–Kier alpha value is -1.32. The van der Waals surface area contributed by atoms with Gasteiger partial charge in [0, 0.05) is 5.39 Å². The zero-order chi connectivity index (χ0) is 20.5.